The van der Waals surface area contributed by atoms with Gasteiger partial charge in [-0.2, -0.15) is 0 Å². The van der Waals surface area contributed by atoms with Crippen LogP contribution in [0.2, 0.25) is 0 Å². The Balaban J connectivity index is 3.42. The maximum atomic E-state index is 9.23. The molecule has 0 spiro atoms. The van der Waals surface area contributed by atoms with Crippen molar-refractivity contribution in [3.8, 4) is 0 Å². The van der Waals surface area contributed by atoms with E-state index in [2.05, 4.69) is 13.2 Å². The number of aliphatic hydroxyl groups excluding tert-OH is 2. The van der Waals surface area contributed by atoms with Crippen LogP contribution >= 0.6 is 0 Å². The molecular weight excluding hydrogens is 140 g/mol. The average Bonchev–Trinajstić information content (AvgIpc) is 2.00. The molecule has 2 heteroatoms. The second kappa shape index (κ2) is 6.13. The Morgan fingerprint density at radius 1 is 1.27 bits per heavy atom. The molecule has 2 atom stereocenters. The first-order valence-electron chi connectivity index (χ1n) is 3.80. The molecule has 0 radical (unpaired) electrons. The number of allylic oxidation sites excluding steroid dienone is 1. The summed E-state index contributed by atoms with van der Waals surface area (Å²) in [6.45, 7) is 6.95. The minimum atomic E-state index is -0.588. The van der Waals surface area contributed by atoms with Gasteiger partial charge >= 0.3 is 0 Å². The lowest BCUT2D eigenvalue weighted by Crippen LogP contribution is -2.15. The molecule has 0 saturated carbocycles. The normalized spacial score (nSPS) is 15.5. The van der Waals surface area contributed by atoms with Gasteiger partial charge in [-0.15, -0.1) is 13.2 Å². The summed E-state index contributed by atoms with van der Waals surface area (Å²) in [7, 11) is 0. The summed E-state index contributed by atoms with van der Waals surface area (Å²) in [5.41, 5.74) is 0. The first-order valence-corrected chi connectivity index (χ1v) is 3.80. The van der Waals surface area contributed by atoms with Crippen LogP contribution in [0.1, 0.15) is 19.3 Å². The Bertz CT molecular complexity index is 121. The molecule has 0 saturated heterocycles. The van der Waals surface area contributed by atoms with Crippen molar-refractivity contribution in [2.45, 2.75) is 31.5 Å². The van der Waals surface area contributed by atoms with Gasteiger partial charge in [0.05, 0.1) is 12.2 Å². The van der Waals surface area contributed by atoms with Crippen LogP contribution in [-0.4, -0.2) is 22.4 Å². The summed E-state index contributed by atoms with van der Waals surface area (Å²) in [6, 6.07) is 0. The second-order valence-electron chi connectivity index (χ2n) is 2.56. The van der Waals surface area contributed by atoms with Gasteiger partial charge in [-0.25, -0.2) is 0 Å². The Morgan fingerprint density at radius 3 is 2.36 bits per heavy atom. The fourth-order valence-corrected chi connectivity index (χ4v) is 0.803. The first-order chi connectivity index (χ1) is 5.20. The number of hydrogen-bond acceptors (Lipinski definition) is 2. The molecule has 0 aromatic heterocycles. The fraction of sp³-hybridized carbons (Fsp3) is 0.556. The van der Waals surface area contributed by atoms with Crippen molar-refractivity contribution < 1.29 is 10.2 Å². The van der Waals surface area contributed by atoms with Crippen LogP contribution in [0, 0.1) is 0 Å². The molecule has 0 aliphatic heterocycles. The molecule has 0 fully saturated rings. The number of hydrogen-bond donors (Lipinski definition) is 2. The maximum Gasteiger partial charge on any atom is 0.0742 e. The highest BCUT2D eigenvalue weighted by Crippen LogP contribution is 2.05. The van der Waals surface area contributed by atoms with E-state index in [9.17, 15) is 5.11 Å². The summed E-state index contributed by atoms with van der Waals surface area (Å²) < 4.78 is 0. The molecule has 0 unspecified atom stereocenters. The number of aliphatic hydroxyl groups is 2. The zero-order valence-electron chi connectivity index (χ0n) is 6.74. The molecule has 0 aliphatic carbocycles. The lowest BCUT2D eigenvalue weighted by atomic mass is 10.1. The van der Waals surface area contributed by atoms with Gasteiger partial charge in [0.15, 0.2) is 0 Å². The SMILES string of the molecule is C=CCC[C@@H](O)C[C@H](O)C=C. The quantitative estimate of drug-likeness (QED) is 0.568. The average molecular weight is 156 g/mol. The predicted octanol–water partition coefficient (Wildman–Crippen LogP) is 1.25. The molecule has 0 aliphatic rings. The summed E-state index contributed by atoms with van der Waals surface area (Å²) in [4.78, 5) is 0. The Kier molecular flexibility index (Phi) is 5.80. The molecule has 0 rings (SSSR count). The van der Waals surface area contributed by atoms with Crippen LogP contribution in [0.5, 0.6) is 0 Å². The summed E-state index contributed by atoms with van der Waals surface area (Å²) in [5, 5.41) is 18.3. The highest BCUT2D eigenvalue weighted by molar-refractivity contribution is 4.81. The first kappa shape index (κ1) is 10.4. The highest BCUT2D eigenvalue weighted by atomic mass is 16.3. The van der Waals surface area contributed by atoms with E-state index >= 15 is 0 Å². The van der Waals surface area contributed by atoms with Crippen LogP contribution < -0.4 is 0 Å². The Hall–Kier alpha value is -0.600. The lowest BCUT2D eigenvalue weighted by molar-refractivity contribution is 0.0987. The van der Waals surface area contributed by atoms with E-state index in [0.29, 0.717) is 12.8 Å². The smallest absolute Gasteiger partial charge is 0.0742 e. The van der Waals surface area contributed by atoms with E-state index in [1.807, 2.05) is 0 Å². The van der Waals surface area contributed by atoms with Crippen LogP contribution in [0.15, 0.2) is 25.3 Å². The number of rotatable bonds is 6. The van der Waals surface area contributed by atoms with E-state index in [-0.39, 0.29) is 0 Å². The van der Waals surface area contributed by atoms with Crippen LogP contribution in [-0.2, 0) is 0 Å². The standard InChI is InChI=1S/C9H16O2/c1-3-5-6-9(11)7-8(10)4-2/h3-4,8-11H,1-2,5-7H2/t8-,9-/m1/s1. The maximum absolute atomic E-state index is 9.23. The van der Waals surface area contributed by atoms with Gasteiger partial charge in [0.1, 0.15) is 0 Å². The molecule has 2 N–H and O–H groups in total. The van der Waals surface area contributed by atoms with Crippen LogP contribution in [0.25, 0.3) is 0 Å². The molecule has 0 aromatic rings. The van der Waals surface area contributed by atoms with Gasteiger partial charge in [0.25, 0.3) is 0 Å². The third kappa shape index (κ3) is 5.83. The van der Waals surface area contributed by atoms with Gasteiger partial charge in [-0.1, -0.05) is 12.2 Å². The molecule has 2 nitrogen and oxygen atoms in total. The van der Waals surface area contributed by atoms with Crippen LogP contribution in [0.4, 0.5) is 0 Å². The lowest BCUT2D eigenvalue weighted by Gasteiger charge is -2.10. The minimum absolute atomic E-state index is 0.372. The van der Waals surface area contributed by atoms with Crippen molar-refractivity contribution in [1.29, 1.82) is 0 Å². The van der Waals surface area contributed by atoms with E-state index in [4.69, 9.17) is 5.11 Å². The van der Waals surface area contributed by atoms with Crippen molar-refractivity contribution in [3.63, 3.8) is 0 Å². The van der Waals surface area contributed by atoms with Gasteiger partial charge < -0.3 is 10.2 Å². The van der Waals surface area contributed by atoms with Crippen molar-refractivity contribution in [1.82, 2.24) is 0 Å². The monoisotopic (exact) mass is 156 g/mol. The van der Waals surface area contributed by atoms with Crippen molar-refractivity contribution in [2.75, 3.05) is 0 Å². The minimum Gasteiger partial charge on any atom is -0.393 e. The van der Waals surface area contributed by atoms with Gasteiger partial charge in [-0.05, 0) is 12.8 Å². The predicted molar refractivity (Wildman–Crippen MR) is 46.3 cm³/mol. The molecule has 0 bridgehead atoms. The Morgan fingerprint density at radius 2 is 1.91 bits per heavy atom. The largest absolute Gasteiger partial charge is 0.393 e. The summed E-state index contributed by atoms with van der Waals surface area (Å²) >= 11 is 0. The second-order valence-corrected chi connectivity index (χ2v) is 2.56. The highest BCUT2D eigenvalue weighted by Gasteiger charge is 2.07. The summed E-state index contributed by atoms with van der Waals surface area (Å²) in [5.74, 6) is 0. The summed E-state index contributed by atoms with van der Waals surface area (Å²) in [6.07, 6.45) is 3.97. The third-order valence-electron chi connectivity index (χ3n) is 1.49. The fourth-order valence-electron chi connectivity index (χ4n) is 0.803. The van der Waals surface area contributed by atoms with E-state index in [1.54, 1.807) is 6.08 Å². The van der Waals surface area contributed by atoms with E-state index in [1.165, 1.54) is 6.08 Å². The van der Waals surface area contributed by atoms with E-state index < -0.39 is 12.2 Å². The molecule has 0 heterocycles. The molecular formula is C9H16O2. The zero-order chi connectivity index (χ0) is 8.69. The Labute approximate surface area is 67.9 Å². The van der Waals surface area contributed by atoms with E-state index in [0.717, 1.165) is 6.42 Å². The topological polar surface area (TPSA) is 40.5 Å². The van der Waals surface area contributed by atoms with Crippen molar-refractivity contribution >= 4 is 0 Å². The zero-order valence-corrected chi connectivity index (χ0v) is 6.74. The van der Waals surface area contributed by atoms with Crippen molar-refractivity contribution in [3.05, 3.63) is 25.3 Å². The molecule has 0 amide bonds. The van der Waals surface area contributed by atoms with Gasteiger partial charge in [0, 0.05) is 6.42 Å². The van der Waals surface area contributed by atoms with Crippen molar-refractivity contribution in [2.24, 2.45) is 0 Å². The molecule has 11 heavy (non-hydrogen) atoms. The van der Waals surface area contributed by atoms with Crippen LogP contribution in [0.3, 0.4) is 0 Å². The third-order valence-corrected chi connectivity index (χ3v) is 1.49. The van der Waals surface area contributed by atoms with Gasteiger partial charge in [0.2, 0.25) is 0 Å². The molecule has 64 valence electrons. The van der Waals surface area contributed by atoms with Gasteiger partial charge in [-0.3, -0.25) is 0 Å². The molecule has 0 aromatic carbocycles.